The number of rotatable bonds is 9. The van der Waals surface area contributed by atoms with Crippen molar-refractivity contribution in [1.82, 2.24) is 5.32 Å². The fourth-order valence-electron chi connectivity index (χ4n) is 2.27. The van der Waals surface area contributed by atoms with Crippen LogP contribution in [0.2, 0.25) is 10.0 Å². The summed E-state index contributed by atoms with van der Waals surface area (Å²) in [6, 6.07) is 2.82. The highest BCUT2D eigenvalue weighted by Gasteiger charge is 2.16. The number of benzene rings is 1. The van der Waals surface area contributed by atoms with Crippen molar-refractivity contribution in [1.29, 1.82) is 0 Å². The van der Waals surface area contributed by atoms with Gasteiger partial charge in [0.25, 0.3) is 0 Å². The van der Waals surface area contributed by atoms with Gasteiger partial charge in [-0.3, -0.25) is 0 Å². The molecule has 0 aliphatic rings. The monoisotopic (exact) mass is 319 g/mol. The van der Waals surface area contributed by atoms with E-state index in [2.05, 4.69) is 12.2 Å². The zero-order valence-electron chi connectivity index (χ0n) is 12.3. The van der Waals surface area contributed by atoms with Crippen LogP contribution in [0.5, 0.6) is 0 Å². The molecule has 1 unspecified atom stereocenters. The highest BCUT2D eigenvalue weighted by Crippen LogP contribution is 2.32. The maximum Gasteiger partial charge on any atom is 0.142 e. The molecule has 0 bridgehead atoms. The minimum Gasteiger partial charge on any atom is -0.310 e. The van der Waals surface area contributed by atoms with Gasteiger partial charge in [0, 0.05) is 16.6 Å². The van der Waals surface area contributed by atoms with E-state index in [9.17, 15) is 4.39 Å². The Hall–Kier alpha value is -0.310. The number of hydrogen-bond donors (Lipinski definition) is 1. The Labute approximate surface area is 131 Å². The summed E-state index contributed by atoms with van der Waals surface area (Å²) in [5.41, 5.74) is 0.652. The third-order valence-corrected chi connectivity index (χ3v) is 4.21. The van der Waals surface area contributed by atoms with Crippen LogP contribution in [0.25, 0.3) is 0 Å². The summed E-state index contributed by atoms with van der Waals surface area (Å²) in [6.45, 7) is 5.08. The molecule has 1 N–H and O–H groups in total. The van der Waals surface area contributed by atoms with Crippen LogP contribution in [-0.4, -0.2) is 6.54 Å². The molecule has 0 fully saturated rings. The van der Waals surface area contributed by atoms with Crippen molar-refractivity contribution in [2.24, 2.45) is 0 Å². The van der Waals surface area contributed by atoms with E-state index >= 15 is 0 Å². The summed E-state index contributed by atoms with van der Waals surface area (Å²) in [5, 5.41) is 4.00. The molecule has 114 valence electrons. The van der Waals surface area contributed by atoms with Crippen molar-refractivity contribution < 1.29 is 4.39 Å². The van der Waals surface area contributed by atoms with Gasteiger partial charge in [-0.25, -0.2) is 4.39 Å². The first kappa shape index (κ1) is 17.7. The summed E-state index contributed by atoms with van der Waals surface area (Å²) in [7, 11) is 0. The molecular formula is C16H24Cl2FN. The largest absolute Gasteiger partial charge is 0.310 e. The van der Waals surface area contributed by atoms with E-state index < -0.39 is 5.82 Å². The van der Waals surface area contributed by atoms with Gasteiger partial charge in [-0.2, -0.15) is 0 Å². The van der Waals surface area contributed by atoms with E-state index in [4.69, 9.17) is 23.2 Å². The maximum atomic E-state index is 13.5. The van der Waals surface area contributed by atoms with Gasteiger partial charge in [0.15, 0.2) is 0 Å². The standard InChI is InChI=1S/C16H24Cl2FN/c1-3-4-5-6-7-8-11-20-12(2)15-13(17)9-10-14(19)16(15)18/h9-10,12,20H,3-8,11H2,1-2H3. The van der Waals surface area contributed by atoms with Crippen molar-refractivity contribution in [2.75, 3.05) is 6.54 Å². The fraction of sp³-hybridized carbons (Fsp3) is 0.625. The summed E-state index contributed by atoms with van der Waals surface area (Å²) < 4.78 is 13.5. The Bertz CT molecular complexity index is 410. The van der Waals surface area contributed by atoms with E-state index in [1.807, 2.05) is 6.92 Å². The van der Waals surface area contributed by atoms with Crippen LogP contribution in [0.3, 0.4) is 0 Å². The van der Waals surface area contributed by atoms with Gasteiger partial charge in [0.1, 0.15) is 5.82 Å². The first-order valence-electron chi connectivity index (χ1n) is 7.44. The molecule has 20 heavy (non-hydrogen) atoms. The van der Waals surface area contributed by atoms with E-state index in [1.54, 1.807) is 6.07 Å². The van der Waals surface area contributed by atoms with Crippen LogP contribution >= 0.6 is 23.2 Å². The quantitative estimate of drug-likeness (QED) is 0.425. The highest BCUT2D eigenvalue weighted by molar-refractivity contribution is 6.36. The molecule has 1 aromatic rings. The van der Waals surface area contributed by atoms with Gasteiger partial charge >= 0.3 is 0 Å². The predicted octanol–water partition coefficient (Wildman–Crippen LogP) is 6.14. The minimum atomic E-state index is -0.417. The summed E-state index contributed by atoms with van der Waals surface area (Å²) in [6.07, 6.45) is 7.53. The van der Waals surface area contributed by atoms with Gasteiger partial charge in [0.2, 0.25) is 0 Å². The number of hydrogen-bond acceptors (Lipinski definition) is 1. The first-order chi connectivity index (χ1) is 9.57. The molecule has 1 atom stereocenters. The Kier molecular flexibility index (Phi) is 8.51. The van der Waals surface area contributed by atoms with E-state index in [-0.39, 0.29) is 11.1 Å². The van der Waals surface area contributed by atoms with Crippen molar-refractivity contribution in [3.05, 3.63) is 33.6 Å². The third kappa shape index (κ3) is 5.59. The molecule has 0 amide bonds. The Morgan fingerprint density at radius 3 is 2.45 bits per heavy atom. The van der Waals surface area contributed by atoms with Gasteiger partial charge in [0.05, 0.1) is 5.02 Å². The fourth-order valence-corrected chi connectivity index (χ4v) is 2.96. The van der Waals surface area contributed by atoms with Gasteiger partial charge in [-0.05, 0) is 32.0 Å². The zero-order chi connectivity index (χ0) is 15.0. The van der Waals surface area contributed by atoms with Gasteiger partial charge in [-0.15, -0.1) is 0 Å². The van der Waals surface area contributed by atoms with Crippen LogP contribution in [0.15, 0.2) is 12.1 Å². The molecule has 0 spiro atoms. The van der Waals surface area contributed by atoms with Gasteiger partial charge in [-0.1, -0.05) is 62.2 Å². The van der Waals surface area contributed by atoms with E-state index in [1.165, 1.54) is 38.2 Å². The topological polar surface area (TPSA) is 12.0 Å². The molecule has 0 saturated heterocycles. The SMILES string of the molecule is CCCCCCCCNC(C)c1c(Cl)ccc(F)c1Cl. The Morgan fingerprint density at radius 1 is 1.10 bits per heavy atom. The lowest BCUT2D eigenvalue weighted by Gasteiger charge is -2.17. The molecule has 1 nitrogen and oxygen atoms in total. The van der Waals surface area contributed by atoms with Crippen molar-refractivity contribution in [2.45, 2.75) is 58.4 Å². The number of unbranched alkanes of at least 4 members (excludes halogenated alkanes) is 5. The lowest BCUT2D eigenvalue weighted by molar-refractivity contribution is 0.524. The maximum absolute atomic E-state index is 13.5. The summed E-state index contributed by atoms with van der Waals surface area (Å²) in [4.78, 5) is 0. The summed E-state index contributed by atoms with van der Waals surface area (Å²) >= 11 is 12.1. The molecule has 0 heterocycles. The smallest absolute Gasteiger partial charge is 0.142 e. The molecule has 4 heteroatoms. The molecule has 0 saturated carbocycles. The second-order valence-corrected chi connectivity index (χ2v) is 5.99. The average molecular weight is 320 g/mol. The first-order valence-corrected chi connectivity index (χ1v) is 8.20. The van der Waals surface area contributed by atoms with E-state index in [0.717, 1.165) is 13.0 Å². The lowest BCUT2D eigenvalue weighted by Crippen LogP contribution is -2.20. The van der Waals surface area contributed by atoms with Crippen molar-refractivity contribution in [3.63, 3.8) is 0 Å². The average Bonchev–Trinajstić information content (AvgIpc) is 2.42. The number of halogens is 3. The van der Waals surface area contributed by atoms with Gasteiger partial charge < -0.3 is 5.32 Å². The van der Waals surface area contributed by atoms with Crippen LogP contribution in [0, 0.1) is 5.82 Å². The Morgan fingerprint density at radius 2 is 1.75 bits per heavy atom. The molecule has 0 aromatic heterocycles. The molecule has 0 aliphatic heterocycles. The third-order valence-electron chi connectivity index (χ3n) is 3.49. The highest BCUT2D eigenvalue weighted by atomic mass is 35.5. The van der Waals surface area contributed by atoms with Crippen LogP contribution in [0.4, 0.5) is 4.39 Å². The van der Waals surface area contributed by atoms with Crippen molar-refractivity contribution >= 4 is 23.2 Å². The minimum absolute atomic E-state index is 0.0404. The molecule has 0 aliphatic carbocycles. The molecule has 0 radical (unpaired) electrons. The Balaban J connectivity index is 2.36. The van der Waals surface area contributed by atoms with E-state index in [0.29, 0.717) is 10.6 Å². The van der Waals surface area contributed by atoms with Crippen LogP contribution in [0.1, 0.15) is 64.0 Å². The van der Waals surface area contributed by atoms with Crippen LogP contribution in [-0.2, 0) is 0 Å². The molecule has 1 rings (SSSR count). The zero-order valence-corrected chi connectivity index (χ0v) is 13.8. The number of nitrogens with one attached hydrogen (secondary N) is 1. The second-order valence-electron chi connectivity index (χ2n) is 5.20. The summed E-state index contributed by atoms with van der Waals surface area (Å²) in [5.74, 6) is -0.417. The van der Waals surface area contributed by atoms with Crippen molar-refractivity contribution in [3.8, 4) is 0 Å². The molecular weight excluding hydrogens is 296 g/mol. The lowest BCUT2D eigenvalue weighted by atomic mass is 10.1. The van der Waals surface area contributed by atoms with Crippen LogP contribution < -0.4 is 5.32 Å². The molecule has 1 aromatic carbocycles. The predicted molar refractivity (Wildman–Crippen MR) is 86.2 cm³/mol. The normalized spacial score (nSPS) is 12.7. The second kappa shape index (κ2) is 9.59.